The van der Waals surface area contributed by atoms with Crippen molar-refractivity contribution in [3.63, 3.8) is 0 Å². The van der Waals surface area contributed by atoms with Gasteiger partial charge in [0.05, 0.1) is 12.0 Å². The lowest BCUT2D eigenvalue weighted by Gasteiger charge is -2.06. The van der Waals surface area contributed by atoms with E-state index in [4.69, 9.17) is 21.7 Å². The van der Waals surface area contributed by atoms with E-state index in [9.17, 15) is 9.90 Å². The molecular formula is C10H15NO4S2. The third-order valence-electron chi connectivity index (χ3n) is 1.95. The third-order valence-corrected chi connectivity index (χ3v) is 3.14. The van der Waals surface area contributed by atoms with Crippen molar-refractivity contribution in [2.24, 2.45) is 0 Å². The molecule has 17 heavy (non-hydrogen) atoms. The Labute approximate surface area is 109 Å². The molecule has 0 aromatic carbocycles. The lowest BCUT2D eigenvalue weighted by Crippen LogP contribution is -2.16. The number of carbonyl (C=O) groups is 1. The van der Waals surface area contributed by atoms with Crippen molar-refractivity contribution in [3.8, 4) is 5.88 Å². The molecule has 1 rings (SSSR count). The number of carbonyl (C=O) groups excluding carboxylic acids is 1. The summed E-state index contributed by atoms with van der Waals surface area (Å²) in [4.78, 5) is 11.5. The Hall–Kier alpha value is -0.920. The SMILES string of the molecule is CCCCOCCOC(=O)n1c(O)csc1=S. The summed E-state index contributed by atoms with van der Waals surface area (Å²) in [5.41, 5.74) is 0. The van der Waals surface area contributed by atoms with Crippen LogP contribution in [0, 0.1) is 3.95 Å². The van der Waals surface area contributed by atoms with Crippen molar-refractivity contribution in [2.75, 3.05) is 19.8 Å². The standard InChI is InChI=1S/C10H15NO4S2/c1-2-3-4-14-5-6-15-9(13)11-8(12)7-17-10(11)16/h7,12H,2-6H2,1H3. The van der Waals surface area contributed by atoms with Crippen molar-refractivity contribution in [2.45, 2.75) is 19.8 Å². The van der Waals surface area contributed by atoms with Gasteiger partial charge >= 0.3 is 6.09 Å². The van der Waals surface area contributed by atoms with Crippen LogP contribution in [0.15, 0.2) is 5.38 Å². The highest BCUT2D eigenvalue weighted by Gasteiger charge is 2.12. The fraction of sp³-hybridized carbons (Fsp3) is 0.600. The fourth-order valence-corrected chi connectivity index (χ4v) is 1.97. The third kappa shape index (κ3) is 4.45. The normalized spacial score (nSPS) is 10.4. The summed E-state index contributed by atoms with van der Waals surface area (Å²) in [5, 5.41) is 10.7. The van der Waals surface area contributed by atoms with Crippen LogP contribution in [0.1, 0.15) is 19.8 Å². The van der Waals surface area contributed by atoms with Crippen molar-refractivity contribution >= 4 is 29.6 Å². The second-order valence-corrected chi connectivity index (χ2v) is 4.78. The quantitative estimate of drug-likeness (QED) is 0.640. The number of aromatic nitrogens is 1. The molecule has 0 bridgehead atoms. The highest BCUT2D eigenvalue weighted by molar-refractivity contribution is 7.73. The summed E-state index contributed by atoms with van der Waals surface area (Å²) in [6.45, 7) is 3.24. The number of unbranched alkanes of at least 4 members (excludes halogenated alkanes) is 1. The number of rotatable bonds is 6. The number of thiazole rings is 1. The zero-order chi connectivity index (χ0) is 12.7. The number of hydrogen-bond acceptors (Lipinski definition) is 6. The van der Waals surface area contributed by atoms with Gasteiger partial charge in [0.25, 0.3) is 0 Å². The largest absolute Gasteiger partial charge is 0.493 e. The minimum atomic E-state index is -0.673. The predicted molar refractivity (Wildman–Crippen MR) is 67.3 cm³/mol. The van der Waals surface area contributed by atoms with Gasteiger partial charge in [0.2, 0.25) is 5.88 Å². The molecule has 0 amide bonds. The van der Waals surface area contributed by atoms with Crippen molar-refractivity contribution in [1.29, 1.82) is 0 Å². The molecule has 0 aliphatic rings. The van der Waals surface area contributed by atoms with Gasteiger partial charge in [-0.05, 0) is 18.6 Å². The van der Waals surface area contributed by atoms with E-state index in [0.29, 0.717) is 13.2 Å². The maximum Gasteiger partial charge on any atom is 0.422 e. The van der Waals surface area contributed by atoms with Gasteiger partial charge in [-0.1, -0.05) is 13.3 Å². The molecule has 0 atom stereocenters. The molecule has 0 fully saturated rings. The lowest BCUT2D eigenvalue weighted by molar-refractivity contribution is 0.0713. The molecule has 0 spiro atoms. The lowest BCUT2D eigenvalue weighted by atomic mass is 10.4. The van der Waals surface area contributed by atoms with Crippen molar-refractivity contribution < 1.29 is 19.4 Å². The second-order valence-electron chi connectivity index (χ2n) is 3.28. The smallest absolute Gasteiger partial charge is 0.422 e. The number of hydrogen-bond donors (Lipinski definition) is 1. The number of ether oxygens (including phenoxy) is 2. The maximum absolute atomic E-state index is 11.5. The molecular weight excluding hydrogens is 262 g/mol. The summed E-state index contributed by atoms with van der Waals surface area (Å²) in [7, 11) is 0. The average molecular weight is 277 g/mol. The summed E-state index contributed by atoms with van der Waals surface area (Å²) >= 11 is 5.98. The highest BCUT2D eigenvalue weighted by Crippen LogP contribution is 2.17. The molecule has 0 saturated carbocycles. The van der Waals surface area contributed by atoms with Gasteiger partial charge in [-0.3, -0.25) is 0 Å². The molecule has 0 aliphatic carbocycles. The van der Waals surface area contributed by atoms with Gasteiger partial charge in [0.15, 0.2) is 3.95 Å². The molecule has 5 nitrogen and oxygen atoms in total. The topological polar surface area (TPSA) is 60.7 Å². The number of aromatic hydroxyl groups is 1. The van der Waals surface area contributed by atoms with Crippen molar-refractivity contribution in [3.05, 3.63) is 9.33 Å². The van der Waals surface area contributed by atoms with E-state index in [1.165, 1.54) is 5.38 Å². The van der Waals surface area contributed by atoms with E-state index in [-0.39, 0.29) is 16.4 Å². The molecule has 96 valence electrons. The Balaban J connectivity index is 2.29. The Bertz CT molecular complexity index is 413. The molecule has 0 radical (unpaired) electrons. The molecule has 0 aliphatic heterocycles. The van der Waals surface area contributed by atoms with E-state index in [2.05, 4.69) is 6.92 Å². The molecule has 1 N–H and O–H groups in total. The van der Waals surface area contributed by atoms with Crippen LogP contribution in [0.25, 0.3) is 0 Å². The molecule has 0 unspecified atom stereocenters. The fourth-order valence-electron chi connectivity index (χ4n) is 1.07. The van der Waals surface area contributed by atoms with Gasteiger partial charge in [-0.15, -0.1) is 11.3 Å². The molecule has 7 heteroatoms. The Morgan fingerprint density at radius 3 is 2.88 bits per heavy atom. The van der Waals surface area contributed by atoms with E-state index >= 15 is 0 Å². The van der Waals surface area contributed by atoms with Crippen LogP contribution in [-0.4, -0.2) is 35.6 Å². The Morgan fingerprint density at radius 2 is 2.29 bits per heavy atom. The summed E-state index contributed by atoms with van der Waals surface area (Å²) in [6.07, 6.45) is 1.38. The van der Waals surface area contributed by atoms with E-state index < -0.39 is 6.09 Å². The predicted octanol–water partition coefficient (Wildman–Crippen LogP) is 2.79. The summed E-state index contributed by atoms with van der Waals surface area (Å²) in [5.74, 6) is -0.197. The van der Waals surface area contributed by atoms with Crippen LogP contribution in [0.4, 0.5) is 4.79 Å². The van der Waals surface area contributed by atoms with Crippen molar-refractivity contribution in [1.82, 2.24) is 4.57 Å². The van der Waals surface area contributed by atoms with Crippen LogP contribution in [-0.2, 0) is 9.47 Å². The van der Waals surface area contributed by atoms with Crippen LogP contribution < -0.4 is 0 Å². The molecule has 0 saturated heterocycles. The van der Waals surface area contributed by atoms with Gasteiger partial charge < -0.3 is 14.6 Å². The first-order chi connectivity index (χ1) is 8.16. The first-order valence-electron chi connectivity index (χ1n) is 5.31. The summed E-state index contributed by atoms with van der Waals surface area (Å²) < 4.78 is 11.4. The first kappa shape index (κ1) is 14.1. The van der Waals surface area contributed by atoms with Crippen LogP contribution >= 0.6 is 23.6 Å². The minimum absolute atomic E-state index is 0.152. The summed E-state index contributed by atoms with van der Waals surface area (Å²) in [6, 6.07) is 0. The zero-order valence-corrected chi connectivity index (χ0v) is 11.2. The van der Waals surface area contributed by atoms with Gasteiger partial charge in [-0.25, -0.2) is 4.79 Å². The minimum Gasteiger partial charge on any atom is -0.493 e. The van der Waals surface area contributed by atoms with Crippen LogP contribution in [0.3, 0.4) is 0 Å². The first-order valence-corrected chi connectivity index (χ1v) is 6.60. The Kier molecular flexibility index (Phi) is 6.17. The van der Waals surface area contributed by atoms with Crippen LogP contribution in [0.5, 0.6) is 5.88 Å². The van der Waals surface area contributed by atoms with E-state index in [1.54, 1.807) is 0 Å². The van der Waals surface area contributed by atoms with E-state index in [1.807, 2.05) is 0 Å². The zero-order valence-electron chi connectivity index (χ0n) is 9.55. The monoisotopic (exact) mass is 277 g/mol. The molecule has 1 heterocycles. The maximum atomic E-state index is 11.5. The highest BCUT2D eigenvalue weighted by atomic mass is 32.1. The average Bonchev–Trinajstić information content (AvgIpc) is 2.63. The molecule has 1 aromatic rings. The van der Waals surface area contributed by atoms with Gasteiger partial charge in [0.1, 0.15) is 6.61 Å². The Morgan fingerprint density at radius 1 is 1.53 bits per heavy atom. The van der Waals surface area contributed by atoms with Gasteiger partial charge in [-0.2, -0.15) is 4.57 Å². The van der Waals surface area contributed by atoms with Gasteiger partial charge in [0, 0.05) is 6.61 Å². The van der Waals surface area contributed by atoms with Crippen LogP contribution in [0.2, 0.25) is 0 Å². The molecule has 1 aromatic heterocycles. The number of nitrogens with zero attached hydrogens (tertiary/aromatic N) is 1. The van der Waals surface area contributed by atoms with E-state index in [0.717, 1.165) is 28.7 Å². The second kappa shape index (κ2) is 7.41.